The maximum absolute atomic E-state index is 11.9. The highest BCUT2D eigenvalue weighted by molar-refractivity contribution is 6.18. The molecule has 0 aromatic rings. The zero-order valence-electron chi connectivity index (χ0n) is 8.28. The van der Waals surface area contributed by atoms with Gasteiger partial charge in [-0.15, -0.1) is 11.6 Å². The van der Waals surface area contributed by atoms with E-state index in [-0.39, 0.29) is 12.0 Å². The van der Waals surface area contributed by atoms with E-state index in [1.807, 2.05) is 0 Å². The first-order chi connectivity index (χ1) is 6.97. The van der Waals surface area contributed by atoms with Crippen LogP contribution in [0.1, 0.15) is 12.8 Å². The molecule has 0 aliphatic carbocycles. The number of rotatable bonds is 4. The molecule has 90 valence electrons. The van der Waals surface area contributed by atoms with Gasteiger partial charge >= 0.3 is 6.18 Å². The summed E-state index contributed by atoms with van der Waals surface area (Å²) in [4.78, 5) is 0. The number of hydrogen-bond donors (Lipinski definition) is 0. The van der Waals surface area contributed by atoms with Crippen LogP contribution in [0.5, 0.6) is 0 Å². The molecule has 0 aromatic heterocycles. The van der Waals surface area contributed by atoms with Crippen molar-refractivity contribution in [2.24, 2.45) is 5.41 Å². The van der Waals surface area contributed by atoms with Gasteiger partial charge in [0.15, 0.2) is 0 Å². The Bertz CT molecular complexity index is 190. The molecule has 0 bridgehead atoms. The first-order valence-electron chi connectivity index (χ1n) is 4.76. The average molecular weight is 247 g/mol. The van der Waals surface area contributed by atoms with Crippen molar-refractivity contribution >= 4 is 11.6 Å². The summed E-state index contributed by atoms with van der Waals surface area (Å²) in [6, 6.07) is 0. The van der Waals surface area contributed by atoms with E-state index in [2.05, 4.69) is 4.74 Å². The van der Waals surface area contributed by atoms with Crippen LogP contribution in [0.25, 0.3) is 0 Å². The van der Waals surface area contributed by atoms with E-state index >= 15 is 0 Å². The van der Waals surface area contributed by atoms with Gasteiger partial charge in [-0.3, -0.25) is 0 Å². The van der Waals surface area contributed by atoms with Crippen molar-refractivity contribution in [1.82, 2.24) is 0 Å². The normalized spacial score (nSPS) is 21.6. The molecule has 15 heavy (non-hydrogen) atoms. The summed E-state index contributed by atoms with van der Waals surface area (Å²) in [5, 5.41) is 0. The standard InChI is InChI=1S/C9H14ClF3O2/c10-5-8(1-3-14-4-2-8)6-15-7-9(11,12)13/h1-7H2. The Kier molecular flexibility index (Phi) is 4.67. The van der Waals surface area contributed by atoms with E-state index in [1.165, 1.54) is 0 Å². The van der Waals surface area contributed by atoms with Crippen molar-refractivity contribution in [3.63, 3.8) is 0 Å². The molecule has 6 heteroatoms. The largest absolute Gasteiger partial charge is 0.411 e. The fraction of sp³-hybridized carbons (Fsp3) is 1.00. The fourth-order valence-corrected chi connectivity index (χ4v) is 1.85. The zero-order valence-corrected chi connectivity index (χ0v) is 9.03. The highest BCUT2D eigenvalue weighted by Crippen LogP contribution is 2.32. The van der Waals surface area contributed by atoms with E-state index in [0.29, 0.717) is 31.9 Å². The minimum atomic E-state index is -4.27. The van der Waals surface area contributed by atoms with Crippen LogP contribution < -0.4 is 0 Å². The molecule has 0 atom stereocenters. The molecule has 1 saturated heterocycles. The van der Waals surface area contributed by atoms with Crippen molar-refractivity contribution in [2.45, 2.75) is 19.0 Å². The second-order valence-electron chi connectivity index (χ2n) is 3.85. The minimum absolute atomic E-state index is 0.0549. The Morgan fingerprint density at radius 1 is 1.27 bits per heavy atom. The van der Waals surface area contributed by atoms with Gasteiger partial charge in [0.1, 0.15) is 6.61 Å². The smallest absolute Gasteiger partial charge is 0.381 e. The molecular weight excluding hydrogens is 233 g/mol. The molecule has 1 heterocycles. The lowest BCUT2D eigenvalue weighted by atomic mass is 9.83. The molecule has 1 rings (SSSR count). The molecule has 0 radical (unpaired) electrons. The molecular formula is C9H14ClF3O2. The summed E-state index contributed by atoms with van der Waals surface area (Å²) in [5.41, 5.74) is -0.342. The Morgan fingerprint density at radius 2 is 1.87 bits per heavy atom. The van der Waals surface area contributed by atoms with E-state index in [4.69, 9.17) is 16.3 Å². The van der Waals surface area contributed by atoms with Gasteiger partial charge in [-0.05, 0) is 12.8 Å². The lowest BCUT2D eigenvalue weighted by Crippen LogP contribution is -2.36. The third-order valence-corrected chi connectivity index (χ3v) is 3.08. The monoisotopic (exact) mass is 246 g/mol. The molecule has 0 aromatic carbocycles. The summed E-state index contributed by atoms with van der Waals surface area (Å²) in [6.45, 7) is -0.0595. The molecule has 0 spiro atoms. The van der Waals surface area contributed by atoms with Gasteiger partial charge in [-0.1, -0.05) is 0 Å². The molecule has 1 aliphatic rings. The SMILES string of the molecule is FC(F)(F)COCC1(CCl)CCOCC1. The van der Waals surface area contributed by atoms with Gasteiger partial charge in [-0.25, -0.2) is 0 Å². The average Bonchev–Trinajstić information content (AvgIpc) is 2.17. The maximum Gasteiger partial charge on any atom is 0.411 e. The lowest BCUT2D eigenvalue weighted by molar-refractivity contribution is -0.183. The quantitative estimate of drug-likeness (QED) is 0.710. The predicted octanol–water partition coefficient (Wildman–Crippen LogP) is 2.60. The summed E-state index contributed by atoms with van der Waals surface area (Å²) < 4.78 is 45.4. The molecule has 1 fully saturated rings. The molecule has 0 unspecified atom stereocenters. The highest BCUT2D eigenvalue weighted by Gasteiger charge is 2.34. The van der Waals surface area contributed by atoms with Crippen molar-refractivity contribution in [1.29, 1.82) is 0 Å². The Labute approximate surface area is 91.7 Å². The van der Waals surface area contributed by atoms with Crippen LogP contribution in [-0.2, 0) is 9.47 Å². The van der Waals surface area contributed by atoms with Gasteiger partial charge < -0.3 is 9.47 Å². The van der Waals surface area contributed by atoms with Crippen LogP contribution in [-0.4, -0.2) is 38.5 Å². The van der Waals surface area contributed by atoms with Gasteiger partial charge in [0.2, 0.25) is 0 Å². The van der Waals surface area contributed by atoms with Gasteiger partial charge in [0, 0.05) is 24.5 Å². The molecule has 0 saturated carbocycles. The summed E-state index contributed by atoms with van der Waals surface area (Å²) in [6.07, 6.45) is -2.94. The van der Waals surface area contributed by atoms with E-state index in [1.54, 1.807) is 0 Å². The molecule has 2 nitrogen and oxygen atoms in total. The third kappa shape index (κ3) is 4.57. The first kappa shape index (κ1) is 13.1. The van der Waals surface area contributed by atoms with Crippen molar-refractivity contribution in [3.05, 3.63) is 0 Å². The van der Waals surface area contributed by atoms with E-state index in [9.17, 15) is 13.2 Å². The van der Waals surface area contributed by atoms with Crippen molar-refractivity contribution in [2.75, 3.05) is 32.3 Å². The van der Waals surface area contributed by atoms with Crippen LogP contribution >= 0.6 is 11.6 Å². The fourth-order valence-electron chi connectivity index (χ4n) is 1.50. The van der Waals surface area contributed by atoms with Crippen LogP contribution in [0, 0.1) is 5.41 Å². The van der Waals surface area contributed by atoms with Crippen LogP contribution in [0.4, 0.5) is 13.2 Å². The number of ether oxygens (including phenoxy) is 2. The number of halogens is 4. The topological polar surface area (TPSA) is 18.5 Å². The highest BCUT2D eigenvalue weighted by atomic mass is 35.5. The maximum atomic E-state index is 11.9. The number of alkyl halides is 4. The van der Waals surface area contributed by atoms with Gasteiger partial charge in [-0.2, -0.15) is 13.2 Å². The van der Waals surface area contributed by atoms with Crippen molar-refractivity contribution in [3.8, 4) is 0 Å². The number of hydrogen-bond acceptors (Lipinski definition) is 2. The molecule has 0 N–H and O–H groups in total. The van der Waals surface area contributed by atoms with Crippen molar-refractivity contribution < 1.29 is 22.6 Å². The molecule has 0 amide bonds. The minimum Gasteiger partial charge on any atom is -0.381 e. The van der Waals surface area contributed by atoms with Crippen LogP contribution in [0.2, 0.25) is 0 Å². The summed E-state index contributed by atoms with van der Waals surface area (Å²) in [5.74, 6) is 0.314. The van der Waals surface area contributed by atoms with Crippen LogP contribution in [0.3, 0.4) is 0 Å². The molecule has 1 aliphatic heterocycles. The second kappa shape index (κ2) is 5.37. The van der Waals surface area contributed by atoms with E-state index < -0.39 is 12.8 Å². The third-order valence-electron chi connectivity index (χ3n) is 2.51. The van der Waals surface area contributed by atoms with Gasteiger partial charge in [0.05, 0.1) is 6.61 Å². The predicted molar refractivity (Wildman–Crippen MR) is 50.1 cm³/mol. The Hall–Kier alpha value is -0.0000000000000000208. The Balaban J connectivity index is 2.33. The zero-order chi connectivity index (χ0) is 11.4. The van der Waals surface area contributed by atoms with Gasteiger partial charge in [0.25, 0.3) is 0 Å². The lowest BCUT2D eigenvalue weighted by Gasteiger charge is -2.35. The van der Waals surface area contributed by atoms with Crippen LogP contribution in [0.15, 0.2) is 0 Å². The van der Waals surface area contributed by atoms with E-state index in [0.717, 1.165) is 0 Å². The second-order valence-corrected chi connectivity index (χ2v) is 4.12. The summed E-state index contributed by atoms with van der Waals surface area (Å²) >= 11 is 5.77. The first-order valence-corrected chi connectivity index (χ1v) is 5.29. The Morgan fingerprint density at radius 3 is 2.33 bits per heavy atom. The summed E-state index contributed by atoms with van der Waals surface area (Å²) in [7, 11) is 0.